The first-order valence-electron chi connectivity index (χ1n) is 10.4. The quantitative estimate of drug-likeness (QED) is 0.782. The molecule has 2 bridgehead atoms. The lowest BCUT2D eigenvalue weighted by Gasteiger charge is -2.39. The molecule has 1 unspecified atom stereocenters. The van der Waals surface area contributed by atoms with Crippen LogP contribution in [0.1, 0.15) is 61.0 Å². The summed E-state index contributed by atoms with van der Waals surface area (Å²) < 4.78 is 6.91. The van der Waals surface area contributed by atoms with E-state index in [0.29, 0.717) is 6.10 Å². The van der Waals surface area contributed by atoms with Crippen molar-refractivity contribution in [2.45, 2.75) is 69.7 Å². The Morgan fingerprint density at radius 2 is 1.38 bits per heavy atom. The number of ether oxygens (including phenoxy) is 1. The summed E-state index contributed by atoms with van der Waals surface area (Å²) in [6.45, 7) is 3.50. The molecule has 0 N–H and O–H groups in total. The Labute approximate surface area is 157 Å². The van der Waals surface area contributed by atoms with E-state index >= 15 is 0 Å². The standard InChI is InChI=1S/C24H29NO/c1-2-25-19-13-14-20(25)16-21(15-19)26-24-22-9-5-3-7-17(22)11-12-18-8-4-6-10-23(18)24/h3-10,19-21,24H,2,11-16H2,1H3/t19-,20+,21?. The number of fused-ring (bicyclic) bond motifs is 4. The van der Waals surface area contributed by atoms with Crippen LogP contribution in [0.4, 0.5) is 0 Å². The van der Waals surface area contributed by atoms with Gasteiger partial charge in [-0.3, -0.25) is 4.90 Å². The zero-order valence-electron chi connectivity index (χ0n) is 15.7. The first-order chi connectivity index (χ1) is 12.8. The topological polar surface area (TPSA) is 12.5 Å². The van der Waals surface area contributed by atoms with Crippen LogP contribution < -0.4 is 0 Å². The highest BCUT2D eigenvalue weighted by Crippen LogP contribution is 2.41. The predicted octanol–water partition coefficient (Wildman–Crippen LogP) is 4.91. The first kappa shape index (κ1) is 16.5. The smallest absolute Gasteiger partial charge is 0.108 e. The van der Waals surface area contributed by atoms with Crippen LogP contribution in [0, 0.1) is 0 Å². The molecule has 5 rings (SSSR count). The summed E-state index contributed by atoms with van der Waals surface area (Å²) in [4.78, 5) is 2.72. The van der Waals surface area contributed by atoms with Crippen molar-refractivity contribution in [1.29, 1.82) is 0 Å². The third kappa shape index (κ3) is 2.80. The highest BCUT2D eigenvalue weighted by Gasteiger charge is 2.41. The summed E-state index contributed by atoms with van der Waals surface area (Å²) in [6.07, 6.45) is 7.84. The fraction of sp³-hybridized carbons (Fsp3) is 0.500. The van der Waals surface area contributed by atoms with Gasteiger partial charge in [-0.25, -0.2) is 0 Å². The third-order valence-electron chi connectivity index (χ3n) is 6.87. The molecule has 0 saturated carbocycles. The van der Waals surface area contributed by atoms with Gasteiger partial charge in [-0.1, -0.05) is 55.5 Å². The fourth-order valence-electron chi connectivity index (χ4n) is 5.66. The van der Waals surface area contributed by atoms with Gasteiger partial charge in [-0.15, -0.1) is 0 Å². The van der Waals surface area contributed by atoms with Crippen molar-refractivity contribution >= 4 is 0 Å². The highest BCUT2D eigenvalue weighted by molar-refractivity contribution is 5.43. The maximum atomic E-state index is 6.91. The summed E-state index contributed by atoms with van der Waals surface area (Å²) in [5.74, 6) is 0. The minimum Gasteiger partial charge on any atom is -0.365 e. The monoisotopic (exact) mass is 347 g/mol. The molecule has 2 aromatic rings. The molecule has 3 atom stereocenters. The number of piperidine rings is 1. The zero-order chi connectivity index (χ0) is 17.5. The number of nitrogens with zero attached hydrogens (tertiary/aromatic N) is 1. The van der Waals surface area contributed by atoms with Gasteiger partial charge in [0.2, 0.25) is 0 Å². The van der Waals surface area contributed by atoms with Gasteiger partial charge < -0.3 is 4.74 Å². The second-order valence-electron chi connectivity index (χ2n) is 8.22. The van der Waals surface area contributed by atoms with Gasteiger partial charge in [0, 0.05) is 12.1 Å². The highest BCUT2D eigenvalue weighted by atomic mass is 16.5. The Kier molecular flexibility index (Phi) is 4.34. The van der Waals surface area contributed by atoms with Crippen LogP contribution in [0.2, 0.25) is 0 Å². The van der Waals surface area contributed by atoms with E-state index in [-0.39, 0.29) is 6.10 Å². The Bertz CT molecular complexity index is 724. The summed E-state index contributed by atoms with van der Waals surface area (Å²) in [7, 11) is 0. The second kappa shape index (κ2) is 6.83. The second-order valence-corrected chi connectivity index (χ2v) is 8.22. The Hall–Kier alpha value is -1.64. The lowest BCUT2D eigenvalue weighted by molar-refractivity contribution is -0.0471. The fourth-order valence-corrected chi connectivity index (χ4v) is 5.66. The van der Waals surface area contributed by atoms with Gasteiger partial charge in [0.15, 0.2) is 0 Å². The third-order valence-corrected chi connectivity index (χ3v) is 6.87. The van der Waals surface area contributed by atoms with Crippen LogP contribution in [0.25, 0.3) is 0 Å². The number of benzene rings is 2. The molecule has 2 aromatic carbocycles. The molecule has 3 aliphatic rings. The lowest BCUT2D eigenvalue weighted by Crippen LogP contribution is -2.45. The molecule has 0 amide bonds. The van der Waals surface area contributed by atoms with E-state index < -0.39 is 0 Å². The van der Waals surface area contributed by atoms with Crippen molar-refractivity contribution in [2.24, 2.45) is 0 Å². The van der Waals surface area contributed by atoms with Gasteiger partial charge in [-0.2, -0.15) is 0 Å². The van der Waals surface area contributed by atoms with E-state index in [9.17, 15) is 0 Å². The van der Waals surface area contributed by atoms with Gasteiger partial charge in [-0.05, 0) is 67.3 Å². The molecule has 2 heteroatoms. The summed E-state index contributed by atoms with van der Waals surface area (Å²) in [6, 6.07) is 19.3. The van der Waals surface area contributed by atoms with Crippen molar-refractivity contribution in [3.63, 3.8) is 0 Å². The van der Waals surface area contributed by atoms with Crippen LogP contribution in [-0.2, 0) is 17.6 Å². The average Bonchev–Trinajstić information content (AvgIpc) is 2.85. The van der Waals surface area contributed by atoms with Crippen molar-refractivity contribution in [3.8, 4) is 0 Å². The predicted molar refractivity (Wildman–Crippen MR) is 105 cm³/mol. The van der Waals surface area contributed by atoms with Gasteiger partial charge in [0.05, 0.1) is 6.10 Å². The number of rotatable bonds is 3. The lowest BCUT2D eigenvalue weighted by atomic mass is 9.95. The maximum Gasteiger partial charge on any atom is 0.108 e. The molecule has 26 heavy (non-hydrogen) atoms. The molecule has 0 radical (unpaired) electrons. The van der Waals surface area contributed by atoms with Gasteiger partial charge in [0.25, 0.3) is 0 Å². The van der Waals surface area contributed by atoms with Crippen LogP contribution in [0.3, 0.4) is 0 Å². The molecule has 2 aliphatic heterocycles. The number of aryl methyl sites for hydroxylation is 2. The largest absolute Gasteiger partial charge is 0.365 e. The minimum atomic E-state index is 0.0995. The van der Waals surface area contributed by atoms with Crippen molar-refractivity contribution in [2.75, 3.05) is 6.54 Å². The Morgan fingerprint density at radius 1 is 0.846 bits per heavy atom. The van der Waals surface area contributed by atoms with Crippen molar-refractivity contribution < 1.29 is 4.74 Å². The van der Waals surface area contributed by atoms with Crippen LogP contribution >= 0.6 is 0 Å². The molecule has 0 spiro atoms. The van der Waals surface area contributed by atoms with E-state index in [1.54, 1.807) is 0 Å². The van der Waals surface area contributed by atoms with E-state index in [1.807, 2.05) is 0 Å². The van der Waals surface area contributed by atoms with E-state index in [0.717, 1.165) is 24.9 Å². The Balaban J connectivity index is 1.47. The first-order valence-corrected chi connectivity index (χ1v) is 10.4. The van der Waals surface area contributed by atoms with Gasteiger partial charge >= 0.3 is 0 Å². The summed E-state index contributed by atoms with van der Waals surface area (Å²) >= 11 is 0. The van der Waals surface area contributed by atoms with Gasteiger partial charge in [0.1, 0.15) is 6.10 Å². The number of hydrogen-bond acceptors (Lipinski definition) is 2. The maximum absolute atomic E-state index is 6.91. The van der Waals surface area contributed by atoms with E-state index in [1.165, 1.54) is 54.5 Å². The molecule has 136 valence electrons. The molecule has 2 heterocycles. The average molecular weight is 348 g/mol. The molecule has 0 aromatic heterocycles. The van der Waals surface area contributed by atoms with Crippen LogP contribution in [-0.4, -0.2) is 29.6 Å². The molecule has 1 aliphatic carbocycles. The van der Waals surface area contributed by atoms with Crippen molar-refractivity contribution in [3.05, 3.63) is 70.8 Å². The Morgan fingerprint density at radius 3 is 1.92 bits per heavy atom. The molecular weight excluding hydrogens is 318 g/mol. The summed E-state index contributed by atoms with van der Waals surface area (Å²) in [5.41, 5.74) is 5.70. The van der Waals surface area contributed by atoms with E-state index in [4.69, 9.17) is 4.74 Å². The SMILES string of the molecule is CCN1[C@@H]2CC[C@H]1CC(OC1c3ccccc3CCc3ccccc31)C2. The van der Waals surface area contributed by atoms with E-state index in [2.05, 4.69) is 60.4 Å². The summed E-state index contributed by atoms with van der Waals surface area (Å²) in [5, 5.41) is 0. The van der Waals surface area contributed by atoms with Crippen molar-refractivity contribution in [1.82, 2.24) is 4.90 Å². The normalized spacial score (nSPS) is 28.4. The zero-order valence-corrected chi connectivity index (χ0v) is 15.7. The molecule has 2 fully saturated rings. The van der Waals surface area contributed by atoms with Crippen LogP contribution in [0.15, 0.2) is 48.5 Å². The minimum absolute atomic E-state index is 0.0995. The van der Waals surface area contributed by atoms with Crippen LogP contribution in [0.5, 0.6) is 0 Å². The number of hydrogen-bond donors (Lipinski definition) is 0. The molecule has 2 saturated heterocycles. The molecule has 2 nitrogen and oxygen atoms in total. The molecular formula is C24H29NO.